The number of hydrogen-bond donors (Lipinski definition) is 1. The summed E-state index contributed by atoms with van der Waals surface area (Å²) < 4.78 is 1.15. The zero-order valence-electron chi connectivity index (χ0n) is 9.01. The van der Waals surface area contributed by atoms with Crippen LogP contribution in [0.15, 0.2) is 28.7 Å². The van der Waals surface area contributed by atoms with Gasteiger partial charge in [-0.3, -0.25) is 0 Å². The molecule has 0 spiro atoms. The van der Waals surface area contributed by atoms with Gasteiger partial charge in [0.15, 0.2) is 0 Å². The maximum Gasteiger partial charge on any atom is 0.0175 e. The van der Waals surface area contributed by atoms with Gasteiger partial charge in [-0.1, -0.05) is 47.3 Å². The fourth-order valence-electron chi connectivity index (χ4n) is 2.64. The standard InChI is InChI=1S/C13H18BrN/c14-12-6-4-11(5-7-12)13(10-15)8-2-1-3-9-13/h4-7H,1-3,8-10,15H2. The molecule has 0 unspecified atom stereocenters. The van der Waals surface area contributed by atoms with E-state index in [2.05, 4.69) is 40.2 Å². The topological polar surface area (TPSA) is 26.0 Å². The minimum absolute atomic E-state index is 0.263. The average molecular weight is 268 g/mol. The first-order chi connectivity index (χ1) is 7.27. The van der Waals surface area contributed by atoms with E-state index in [0.717, 1.165) is 11.0 Å². The highest BCUT2D eigenvalue weighted by atomic mass is 79.9. The van der Waals surface area contributed by atoms with Gasteiger partial charge in [0.05, 0.1) is 0 Å². The van der Waals surface area contributed by atoms with Crippen molar-refractivity contribution in [3.8, 4) is 0 Å². The molecule has 2 rings (SSSR count). The summed E-state index contributed by atoms with van der Waals surface area (Å²) in [6.07, 6.45) is 6.54. The van der Waals surface area contributed by atoms with E-state index < -0.39 is 0 Å². The van der Waals surface area contributed by atoms with Gasteiger partial charge in [0.25, 0.3) is 0 Å². The average Bonchev–Trinajstić information content (AvgIpc) is 2.31. The molecule has 0 amide bonds. The molecular formula is C13H18BrN. The van der Waals surface area contributed by atoms with Gasteiger partial charge in [-0.05, 0) is 30.5 Å². The lowest BCUT2D eigenvalue weighted by Crippen LogP contribution is -2.37. The second-order valence-corrected chi connectivity index (χ2v) is 5.47. The van der Waals surface area contributed by atoms with Crippen LogP contribution in [0.5, 0.6) is 0 Å². The van der Waals surface area contributed by atoms with Gasteiger partial charge in [0.1, 0.15) is 0 Å². The Morgan fingerprint density at radius 1 is 1.07 bits per heavy atom. The second-order valence-electron chi connectivity index (χ2n) is 4.55. The molecule has 1 aliphatic rings. The summed E-state index contributed by atoms with van der Waals surface area (Å²) in [5, 5.41) is 0. The van der Waals surface area contributed by atoms with Gasteiger partial charge in [-0.25, -0.2) is 0 Å². The molecule has 1 saturated carbocycles. The SMILES string of the molecule is NCC1(c2ccc(Br)cc2)CCCCC1. The molecule has 0 bridgehead atoms. The zero-order chi connectivity index (χ0) is 10.7. The Balaban J connectivity index is 2.28. The van der Waals surface area contributed by atoms with Crippen molar-refractivity contribution in [2.24, 2.45) is 5.73 Å². The summed E-state index contributed by atoms with van der Waals surface area (Å²) in [4.78, 5) is 0. The molecule has 1 aliphatic carbocycles. The van der Waals surface area contributed by atoms with Crippen molar-refractivity contribution in [3.05, 3.63) is 34.3 Å². The monoisotopic (exact) mass is 267 g/mol. The Morgan fingerprint density at radius 3 is 2.20 bits per heavy atom. The second kappa shape index (κ2) is 4.67. The lowest BCUT2D eigenvalue weighted by atomic mass is 9.69. The van der Waals surface area contributed by atoms with Crippen LogP contribution in [0.4, 0.5) is 0 Å². The summed E-state index contributed by atoms with van der Waals surface area (Å²) in [5.74, 6) is 0. The molecule has 2 heteroatoms. The van der Waals surface area contributed by atoms with E-state index in [1.54, 1.807) is 0 Å². The first kappa shape index (κ1) is 11.2. The number of benzene rings is 1. The first-order valence-corrected chi connectivity index (χ1v) is 6.52. The lowest BCUT2D eigenvalue weighted by Gasteiger charge is -2.36. The van der Waals surface area contributed by atoms with Crippen molar-refractivity contribution in [1.29, 1.82) is 0 Å². The van der Waals surface area contributed by atoms with Crippen LogP contribution in [0.2, 0.25) is 0 Å². The van der Waals surface area contributed by atoms with Crippen molar-refractivity contribution in [2.45, 2.75) is 37.5 Å². The lowest BCUT2D eigenvalue weighted by molar-refractivity contribution is 0.301. The molecular weight excluding hydrogens is 250 g/mol. The van der Waals surface area contributed by atoms with Gasteiger partial charge in [-0.2, -0.15) is 0 Å². The molecule has 0 atom stereocenters. The summed E-state index contributed by atoms with van der Waals surface area (Å²) >= 11 is 3.48. The zero-order valence-corrected chi connectivity index (χ0v) is 10.6. The molecule has 0 heterocycles. The Hall–Kier alpha value is -0.340. The summed E-state index contributed by atoms with van der Waals surface area (Å²) in [6.45, 7) is 0.786. The highest BCUT2D eigenvalue weighted by molar-refractivity contribution is 9.10. The van der Waals surface area contributed by atoms with E-state index in [9.17, 15) is 0 Å². The Morgan fingerprint density at radius 2 is 1.67 bits per heavy atom. The number of halogens is 1. The molecule has 0 aliphatic heterocycles. The van der Waals surface area contributed by atoms with Crippen molar-refractivity contribution in [3.63, 3.8) is 0 Å². The van der Waals surface area contributed by atoms with Crippen LogP contribution in [0, 0.1) is 0 Å². The smallest absolute Gasteiger partial charge is 0.0175 e. The van der Waals surface area contributed by atoms with Crippen molar-refractivity contribution < 1.29 is 0 Å². The molecule has 82 valence electrons. The van der Waals surface area contributed by atoms with Crippen LogP contribution in [0.3, 0.4) is 0 Å². The van der Waals surface area contributed by atoms with Crippen molar-refractivity contribution in [1.82, 2.24) is 0 Å². The van der Waals surface area contributed by atoms with Crippen LogP contribution >= 0.6 is 15.9 Å². The van der Waals surface area contributed by atoms with Crippen LogP contribution < -0.4 is 5.73 Å². The fraction of sp³-hybridized carbons (Fsp3) is 0.538. The highest BCUT2D eigenvalue weighted by Gasteiger charge is 2.32. The van der Waals surface area contributed by atoms with Crippen LogP contribution in [0.25, 0.3) is 0 Å². The number of hydrogen-bond acceptors (Lipinski definition) is 1. The van der Waals surface area contributed by atoms with Gasteiger partial charge >= 0.3 is 0 Å². The van der Waals surface area contributed by atoms with Crippen molar-refractivity contribution in [2.75, 3.05) is 6.54 Å². The normalized spacial score (nSPS) is 20.1. The molecule has 2 N–H and O–H groups in total. The molecule has 0 saturated heterocycles. The quantitative estimate of drug-likeness (QED) is 0.871. The Bertz CT molecular complexity index is 312. The largest absolute Gasteiger partial charge is 0.330 e. The molecule has 1 aromatic carbocycles. The predicted molar refractivity (Wildman–Crippen MR) is 68.0 cm³/mol. The fourth-order valence-corrected chi connectivity index (χ4v) is 2.91. The van der Waals surface area contributed by atoms with Crippen LogP contribution in [0.1, 0.15) is 37.7 Å². The third-order valence-electron chi connectivity index (χ3n) is 3.66. The number of rotatable bonds is 2. The maximum atomic E-state index is 6.00. The Labute approximate surface area is 100 Å². The molecule has 0 aromatic heterocycles. The van der Waals surface area contributed by atoms with E-state index in [1.165, 1.54) is 37.7 Å². The molecule has 1 aromatic rings. The van der Waals surface area contributed by atoms with E-state index in [4.69, 9.17) is 5.73 Å². The van der Waals surface area contributed by atoms with E-state index in [-0.39, 0.29) is 5.41 Å². The molecule has 1 fully saturated rings. The van der Waals surface area contributed by atoms with Crippen molar-refractivity contribution >= 4 is 15.9 Å². The van der Waals surface area contributed by atoms with E-state index in [0.29, 0.717) is 0 Å². The molecule has 1 nitrogen and oxygen atoms in total. The van der Waals surface area contributed by atoms with Crippen LogP contribution in [-0.2, 0) is 5.41 Å². The third-order valence-corrected chi connectivity index (χ3v) is 4.19. The van der Waals surface area contributed by atoms with Gasteiger partial charge < -0.3 is 5.73 Å². The third kappa shape index (κ3) is 2.26. The van der Waals surface area contributed by atoms with E-state index >= 15 is 0 Å². The van der Waals surface area contributed by atoms with Gasteiger partial charge in [-0.15, -0.1) is 0 Å². The minimum atomic E-state index is 0.263. The summed E-state index contributed by atoms with van der Waals surface area (Å²) in [5.41, 5.74) is 7.68. The first-order valence-electron chi connectivity index (χ1n) is 5.73. The number of nitrogens with two attached hydrogens (primary N) is 1. The maximum absolute atomic E-state index is 6.00. The summed E-state index contributed by atoms with van der Waals surface area (Å²) in [7, 11) is 0. The molecule has 15 heavy (non-hydrogen) atoms. The molecule has 0 radical (unpaired) electrons. The van der Waals surface area contributed by atoms with Gasteiger partial charge in [0.2, 0.25) is 0 Å². The van der Waals surface area contributed by atoms with Gasteiger partial charge in [0, 0.05) is 16.4 Å². The minimum Gasteiger partial charge on any atom is -0.330 e. The van der Waals surface area contributed by atoms with E-state index in [1.807, 2.05) is 0 Å². The van der Waals surface area contributed by atoms with Crippen LogP contribution in [-0.4, -0.2) is 6.54 Å². The predicted octanol–water partition coefficient (Wildman–Crippen LogP) is 3.61. The Kier molecular flexibility index (Phi) is 3.47. The summed E-state index contributed by atoms with van der Waals surface area (Å²) in [6, 6.07) is 8.70. The highest BCUT2D eigenvalue weighted by Crippen LogP contribution is 2.38.